The fourth-order valence-corrected chi connectivity index (χ4v) is 4.12. The molecule has 1 saturated carbocycles. The number of aliphatic hydroxyl groups is 2. The molecule has 0 bridgehead atoms. The fourth-order valence-electron chi connectivity index (χ4n) is 4.12. The molecule has 8 nitrogen and oxygen atoms in total. The Labute approximate surface area is 209 Å². The van der Waals surface area contributed by atoms with Gasteiger partial charge in [0, 0.05) is 30.4 Å². The second-order valence-electron chi connectivity index (χ2n) is 8.90. The molecule has 3 aromatic rings. The number of aromatic nitrogens is 1. The van der Waals surface area contributed by atoms with Crippen LogP contribution in [0.2, 0.25) is 0 Å². The molecule has 1 aliphatic carbocycles. The topological polar surface area (TPSA) is 120 Å². The van der Waals surface area contributed by atoms with Crippen LogP contribution in [0.15, 0.2) is 73.1 Å². The van der Waals surface area contributed by atoms with Gasteiger partial charge in [-0.2, -0.15) is 0 Å². The van der Waals surface area contributed by atoms with Crippen LogP contribution in [-0.4, -0.2) is 49.7 Å². The highest BCUT2D eigenvalue weighted by Gasteiger charge is 2.48. The number of carboxylic acid groups (broad SMARTS) is 1. The number of para-hydroxylation sites is 1. The lowest BCUT2D eigenvalue weighted by Gasteiger charge is -2.36. The molecular weight excluding hydrogens is 460 g/mol. The number of carbonyl (C=O) groups is 2. The predicted octanol–water partition coefficient (Wildman–Crippen LogP) is 4.17. The van der Waals surface area contributed by atoms with Gasteiger partial charge in [0.2, 0.25) is 0 Å². The van der Waals surface area contributed by atoms with Crippen LogP contribution in [0.25, 0.3) is 11.1 Å². The maximum absolute atomic E-state index is 13.5. The summed E-state index contributed by atoms with van der Waals surface area (Å²) in [6.07, 6.45) is 6.71. The number of rotatable bonds is 12. The number of pyridine rings is 1. The van der Waals surface area contributed by atoms with Gasteiger partial charge in [-0.05, 0) is 79.6 Å². The molecule has 0 aliphatic heterocycles. The zero-order chi connectivity index (χ0) is 25.5. The fraction of sp³-hybridized carbons (Fsp3) is 0.321. The SMILES string of the molecule is O=C(O)CCCCCOc1ccccc1C(O)(O)N(C(=O)c1ccc(-c2ccncc2)cc1)C1CC1. The molecular formula is C28H30N2O6. The van der Waals surface area contributed by atoms with Crippen LogP contribution in [0.4, 0.5) is 0 Å². The number of unbranched alkanes of at least 4 members (excludes halogenated alkanes) is 2. The molecule has 0 spiro atoms. The van der Waals surface area contributed by atoms with Gasteiger partial charge in [-0.1, -0.05) is 24.3 Å². The van der Waals surface area contributed by atoms with Crippen LogP contribution in [0, 0.1) is 0 Å². The van der Waals surface area contributed by atoms with Crippen molar-refractivity contribution in [1.29, 1.82) is 0 Å². The molecule has 1 aliphatic rings. The smallest absolute Gasteiger partial charge is 0.303 e. The highest BCUT2D eigenvalue weighted by atomic mass is 16.5. The van der Waals surface area contributed by atoms with E-state index < -0.39 is 17.8 Å². The highest BCUT2D eigenvalue weighted by molar-refractivity contribution is 5.95. The van der Waals surface area contributed by atoms with Crippen molar-refractivity contribution in [3.8, 4) is 16.9 Å². The van der Waals surface area contributed by atoms with Crippen molar-refractivity contribution in [1.82, 2.24) is 9.88 Å². The molecule has 1 fully saturated rings. The Morgan fingerprint density at radius 1 is 0.917 bits per heavy atom. The first-order valence-corrected chi connectivity index (χ1v) is 12.1. The lowest BCUT2D eigenvalue weighted by molar-refractivity contribution is -0.259. The molecule has 0 unspecified atom stereocenters. The van der Waals surface area contributed by atoms with Gasteiger partial charge in [-0.25, -0.2) is 0 Å². The number of hydrogen-bond acceptors (Lipinski definition) is 6. The first-order valence-electron chi connectivity index (χ1n) is 12.1. The monoisotopic (exact) mass is 490 g/mol. The highest BCUT2D eigenvalue weighted by Crippen LogP contribution is 2.40. The summed E-state index contributed by atoms with van der Waals surface area (Å²) in [5.41, 5.74) is 2.33. The summed E-state index contributed by atoms with van der Waals surface area (Å²) >= 11 is 0. The van der Waals surface area contributed by atoms with Gasteiger partial charge in [0.15, 0.2) is 0 Å². The minimum atomic E-state index is -2.57. The van der Waals surface area contributed by atoms with E-state index >= 15 is 0 Å². The summed E-state index contributed by atoms with van der Waals surface area (Å²) in [6, 6.07) is 17.0. The Kier molecular flexibility index (Phi) is 7.97. The minimum absolute atomic E-state index is 0.0872. The van der Waals surface area contributed by atoms with E-state index in [0.29, 0.717) is 44.3 Å². The average molecular weight is 491 g/mol. The summed E-state index contributed by atoms with van der Waals surface area (Å²) < 4.78 is 5.82. The molecule has 36 heavy (non-hydrogen) atoms. The van der Waals surface area contributed by atoms with E-state index in [9.17, 15) is 19.8 Å². The second kappa shape index (κ2) is 11.3. The maximum atomic E-state index is 13.5. The Morgan fingerprint density at radius 2 is 1.58 bits per heavy atom. The third-order valence-corrected chi connectivity index (χ3v) is 6.15. The number of amides is 1. The van der Waals surface area contributed by atoms with Crippen LogP contribution >= 0.6 is 0 Å². The van der Waals surface area contributed by atoms with Crippen LogP contribution < -0.4 is 4.74 Å². The number of benzene rings is 2. The number of carbonyl (C=O) groups excluding carboxylic acids is 1. The first kappa shape index (κ1) is 25.3. The van der Waals surface area contributed by atoms with Gasteiger partial charge < -0.3 is 20.1 Å². The lowest BCUT2D eigenvalue weighted by atomic mass is 10.0. The van der Waals surface area contributed by atoms with E-state index in [1.165, 1.54) is 6.07 Å². The molecule has 4 rings (SSSR count). The molecule has 0 atom stereocenters. The van der Waals surface area contributed by atoms with Crippen molar-refractivity contribution in [3.05, 3.63) is 84.2 Å². The molecule has 2 aromatic carbocycles. The summed E-state index contributed by atoms with van der Waals surface area (Å²) in [5.74, 6) is -3.61. The Morgan fingerprint density at radius 3 is 2.25 bits per heavy atom. The summed E-state index contributed by atoms with van der Waals surface area (Å²) in [7, 11) is 0. The van der Waals surface area contributed by atoms with Gasteiger partial charge in [-0.15, -0.1) is 0 Å². The van der Waals surface area contributed by atoms with Gasteiger partial charge in [-0.3, -0.25) is 19.5 Å². The summed E-state index contributed by atoms with van der Waals surface area (Å²) in [5, 5.41) is 31.4. The van der Waals surface area contributed by atoms with Crippen LogP contribution in [-0.2, 0) is 10.7 Å². The molecule has 1 aromatic heterocycles. The number of nitrogens with zero attached hydrogens (tertiary/aromatic N) is 2. The van der Waals surface area contributed by atoms with Crippen LogP contribution in [0.5, 0.6) is 5.75 Å². The van der Waals surface area contributed by atoms with Crippen molar-refractivity contribution in [2.75, 3.05) is 6.61 Å². The van der Waals surface area contributed by atoms with E-state index in [4.69, 9.17) is 9.84 Å². The summed E-state index contributed by atoms with van der Waals surface area (Å²) in [6.45, 7) is 0.292. The van der Waals surface area contributed by atoms with E-state index in [1.807, 2.05) is 24.3 Å². The summed E-state index contributed by atoms with van der Waals surface area (Å²) in [4.78, 5) is 29.3. The van der Waals surface area contributed by atoms with E-state index in [0.717, 1.165) is 16.0 Å². The Balaban J connectivity index is 1.50. The molecule has 3 N–H and O–H groups in total. The normalized spacial score (nSPS) is 13.3. The Hall–Kier alpha value is -3.75. The largest absolute Gasteiger partial charge is 0.493 e. The number of ether oxygens (including phenoxy) is 1. The van der Waals surface area contributed by atoms with Gasteiger partial charge in [0.1, 0.15) is 5.75 Å². The van der Waals surface area contributed by atoms with Gasteiger partial charge >= 0.3 is 5.97 Å². The average Bonchev–Trinajstić information content (AvgIpc) is 3.71. The third kappa shape index (κ3) is 6.08. The van der Waals surface area contributed by atoms with Crippen molar-refractivity contribution in [3.63, 3.8) is 0 Å². The minimum Gasteiger partial charge on any atom is -0.493 e. The maximum Gasteiger partial charge on any atom is 0.303 e. The van der Waals surface area contributed by atoms with Crippen LogP contribution in [0.1, 0.15) is 54.4 Å². The zero-order valence-corrected chi connectivity index (χ0v) is 19.9. The van der Waals surface area contributed by atoms with E-state index in [2.05, 4.69) is 4.98 Å². The number of aliphatic carboxylic acids is 1. The molecule has 0 radical (unpaired) electrons. The van der Waals surface area contributed by atoms with Crippen molar-refractivity contribution < 1.29 is 29.6 Å². The van der Waals surface area contributed by atoms with E-state index in [-0.39, 0.29) is 23.8 Å². The first-order chi connectivity index (χ1) is 17.4. The Bertz CT molecular complexity index is 1180. The molecule has 188 valence electrons. The van der Waals surface area contributed by atoms with Crippen molar-refractivity contribution in [2.24, 2.45) is 0 Å². The third-order valence-electron chi connectivity index (χ3n) is 6.15. The predicted molar refractivity (Wildman–Crippen MR) is 133 cm³/mol. The standard InChI is InChI=1S/C28H30N2O6/c31-26(32)8-2-1-5-19-36-25-7-4-3-6-24(25)28(34,35)30(23-13-14-23)27(33)22-11-9-20(10-12-22)21-15-17-29-18-16-21/h3-4,6-7,9-12,15-18,23,34-35H,1-2,5,8,13-14,19H2,(H,31,32). The quantitative estimate of drug-likeness (QED) is 0.257. The van der Waals surface area contributed by atoms with Crippen LogP contribution in [0.3, 0.4) is 0 Å². The number of hydrogen-bond donors (Lipinski definition) is 3. The van der Waals surface area contributed by atoms with Crippen molar-refractivity contribution >= 4 is 11.9 Å². The molecule has 1 amide bonds. The van der Waals surface area contributed by atoms with Gasteiger partial charge in [0.25, 0.3) is 11.8 Å². The van der Waals surface area contributed by atoms with Crippen molar-refractivity contribution in [2.45, 2.75) is 50.5 Å². The van der Waals surface area contributed by atoms with Gasteiger partial charge in [0.05, 0.1) is 12.2 Å². The molecule has 8 heteroatoms. The van der Waals surface area contributed by atoms with E-state index in [1.54, 1.807) is 42.7 Å². The molecule has 0 saturated heterocycles. The zero-order valence-electron chi connectivity index (χ0n) is 19.9. The number of carboxylic acids is 1. The second-order valence-corrected chi connectivity index (χ2v) is 8.90. The molecule has 1 heterocycles. The lowest BCUT2D eigenvalue weighted by Crippen LogP contribution is -2.51.